The van der Waals surface area contributed by atoms with E-state index < -0.39 is 0 Å². The van der Waals surface area contributed by atoms with Crippen molar-refractivity contribution in [1.82, 2.24) is 10.6 Å². The lowest BCUT2D eigenvalue weighted by atomic mass is 9.99. The summed E-state index contributed by atoms with van der Waals surface area (Å²) in [5, 5.41) is 6.76. The van der Waals surface area contributed by atoms with Crippen molar-refractivity contribution in [2.75, 3.05) is 13.2 Å². The number of piperidine rings is 1. The molecule has 0 aliphatic carbocycles. The van der Waals surface area contributed by atoms with Gasteiger partial charge >= 0.3 is 0 Å². The number of carbonyl (C=O) groups is 1. The van der Waals surface area contributed by atoms with Crippen LogP contribution in [0.25, 0.3) is 0 Å². The van der Waals surface area contributed by atoms with Crippen molar-refractivity contribution in [3.05, 3.63) is 23.8 Å². The summed E-state index contributed by atoms with van der Waals surface area (Å²) in [6, 6.07) is 6.89. The summed E-state index contributed by atoms with van der Waals surface area (Å²) in [7, 11) is 0. The number of fused-ring (bicyclic) bond motifs is 3. The molecule has 0 radical (unpaired) electrons. The van der Waals surface area contributed by atoms with Gasteiger partial charge in [0.05, 0.1) is 5.56 Å². The van der Waals surface area contributed by atoms with Crippen molar-refractivity contribution in [3.63, 3.8) is 0 Å². The van der Waals surface area contributed by atoms with E-state index in [4.69, 9.17) is 9.47 Å². The van der Waals surface area contributed by atoms with Gasteiger partial charge in [-0.15, -0.1) is 0 Å². The summed E-state index contributed by atoms with van der Waals surface area (Å²) in [6.45, 7) is 1.03. The number of rotatable bonds is 2. The molecule has 2 unspecified atom stereocenters. The lowest BCUT2D eigenvalue weighted by Crippen LogP contribution is -2.48. The van der Waals surface area contributed by atoms with Gasteiger partial charge in [0.2, 0.25) is 0 Å². The Hall–Kier alpha value is -1.75. The average molecular weight is 288 g/mol. The van der Waals surface area contributed by atoms with Crippen molar-refractivity contribution >= 4 is 5.91 Å². The molecule has 2 bridgehead atoms. The van der Waals surface area contributed by atoms with Crippen LogP contribution in [0.15, 0.2) is 18.2 Å². The van der Waals surface area contributed by atoms with Crippen LogP contribution in [0.1, 0.15) is 36.0 Å². The molecule has 1 aromatic carbocycles. The number of hydrogen-bond acceptors (Lipinski definition) is 4. The van der Waals surface area contributed by atoms with Gasteiger partial charge in [0.1, 0.15) is 13.2 Å². The topological polar surface area (TPSA) is 59.6 Å². The van der Waals surface area contributed by atoms with E-state index in [1.165, 1.54) is 12.8 Å². The van der Waals surface area contributed by atoms with Gasteiger partial charge in [0.15, 0.2) is 11.5 Å². The van der Waals surface area contributed by atoms with Gasteiger partial charge in [-0.05, 0) is 37.8 Å². The molecular weight excluding hydrogens is 268 g/mol. The highest BCUT2D eigenvalue weighted by Crippen LogP contribution is 2.34. The monoisotopic (exact) mass is 288 g/mol. The van der Waals surface area contributed by atoms with Crippen molar-refractivity contribution in [2.45, 2.75) is 43.8 Å². The van der Waals surface area contributed by atoms with Gasteiger partial charge in [0.25, 0.3) is 5.91 Å². The fraction of sp³-hybridized carbons (Fsp3) is 0.562. The summed E-state index contributed by atoms with van der Waals surface area (Å²) < 4.78 is 11.2. The van der Waals surface area contributed by atoms with E-state index in [9.17, 15) is 4.79 Å². The first-order valence-electron chi connectivity index (χ1n) is 7.75. The van der Waals surface area contributed by atoms with E-state index in [1.807, 2.05) is 12.1 Å². The minimum absolute atomic E-state index is 0.0522. The molecule has 3 aliphatic heterocycles. The van der Waals surface area contributed by atoms with Crippen molar-refractivity contribution in [1.29, 1.82) is 0 Å². The molecule has 1 amide bonds. The van der Waals surface area contributed by atoms with Crippen LogP contribution >= 0.6 is 0 Å². The number of nitrogens with one attached hydrogen (secondary N) is 2. The smallest absolute Gasteiger partial charge is 0.255 e. The summed E-state index contributed by atoms with van der Waals surface area (Å²) in [5.74, 6) is 1.20. The molecule has 0 spiro atoms. The van der Waals surface area contributed by atoms with Gasteiger partial charge in [-0.2, -0.15) is 0 Å². The molecule has 0 saturated carbocycles. The van der Waals surface area contributed by atoms with Crippen LogP contribution in [-0.4, -0.2) is 37.2 Å². The van der Waals surface area contributed by atoms with Crippen LogP contribution in [0.5, 0.6) is 11.5 Å². The molecule has 2 N–H and O–H groups in total. The van der Waals surface area contributed by atoms with Gasteiger partial charge in [-0.1, -0.05) is 6.07 Å². The van der Waals surface area contributed by atoms with Gasteiger partial charge in [-0.3, -0.25) is 4.79 Å². The molecule has 0 aromatic heterocycles. The molecule has 3 aliphatic rings. The van der Waals surface area contributed by atoms with Crippen LogP contribution in [0.3, 0.4) is 0 Å². The molecule has 5 nitrogen and oxygen atoms in total. The number of amides is 1. The van der Waals surface area contributed by atoms with E-state index >= 15 is 0 Å². The summed E-state index contributed by atoms with van der Waals surface area (Å²) in [6.07, 6.45) is 4.51. The van der Waals surface area contributed by atoms with Crippen molar-refractivity contribution < 1.29 is 14.3 Å². The highest BCUT2D eigenvalue weighted by Gasteiger charge is 2.34. The summed E-state index contributed by atoms with van der Waals surface area (Å²) in [4.78, 5) is 12.6. The van der Waals surface area contributed by atoms with Crippen LogP contribution in [-0.2, 0) is 0 Å². The highest BCUT2D eigenvalue weighted by atomic mass is 16.6. The predicted octanol–water partition coefficient (Wildman–Crippen LogP) is 1.47. The minimum Gasteiger partial charge on any atom is -0.486 e. The number of hydrogen-bond donors (Lipinski definition) is 2. The third kappa shape index (κ3) is 2.46. The second-order valence-corrected chi connectivity index (χ2v) is 6.11. The number of benzene rings is 1. The second-order valence-electron chi connectivity index (χ2n) is 6.11. The number of carbonyl (C=O) groups excluding carboxylic acids is 1. The minimum atomic E-state index is -0.0522. The molecule has 112 valence electrons. The third-order valence-corrected chi connectivity index (χ3v) is 4.62. The maximum absolute atomic E-state index is 12.6. The molecular formula is C16H20N2O3. The standard InChI is InChI=1S/C16H20N2O3/c19-16(18-12-8-10-4-5-11(9-12)17-10)13-2-1-3-14-15(13)21-7-6-20-14/h1-3,10-12,17H,4-9H2,(H,18,19). The molecule has 2 atom stereocenters. The van der Waals surface area contributed by atoms with Crippen LogP contribution in [0.2, 0.25) is 0 Å². The lowest BCUT2D eigenvalue weighted by Gasteiger charge is -2.30. The van der Waals surface area contributed by atoms with Crippen molar-refractivity contribution in [2.24, 2.45) is 0 Å². The van der Waals surface area contributed by atoms with Crippen LogP contribution in [0, 0.1) is 0 Å². The molecule has 2 fully saturated rings. The zero-order chi connectivity index (χ0) is 14.2. The van der Waals surface area contributed by atoms with E-state index in [1.54, 1.807) is 6.07 Å². The summed E-state index contributed by atoms with van der Waals surface area (Å²) in [5.41, 5.74) is 0.582. The fourth-order valence-electron chi connectivity index (χ4n) is 3.69. The SMILES string of the molecule is O=C(NC1CC2CCC(C1)N2)c1cccc2c1OCCO2. The summed E-state index contributed by atoms with van der Waals surface area (Å²) >= 11 is 0. The van der Waals surface area contributed by atoms with Crippen LogP contribution in [0.4, 0.5) is 0 Å². The van der Waals surface area contributed by atoms with E-state index in [2.05, 4.69) is 10.6 Å². The van der Waals surface area contributed by atoms with E-state index in [-0.39, 0.29) is 11.9 Å². The zero-order valence-corrected chi connectivity index (χ0v) is 11.9. The molecule has 1 aromatic rings. The van der Waals surface area contributed by atoms with Crippen LogP contribution < -0.4 is 20.1 Å². The molecule has 3 heterocycles. The highest BCUT2D eigenvalue weighted by molar-refractivity contribution is 5.98. The Balaban J connectivity index is 1.50. The Morgan fingerprint density at radius 1 is 1.14 bits per heavy atom. The normalized spacial score (nSPS) is 30.0. The first kappa shape index (κ1) is 13.0. The van der Waals surface area contributed by atoms with Gasteiger partial charge in [0, 0.05) is 18.1 Å². The fourth-order valence-corrected chi connectivity index (χ4v) is 3.69. The lowest BCUT2D eigenvalue weighted by molar-refractivity contribution is 0.0913. The molecule has 5 heteroatoms. The third-order valence-electron chi connectivity index (χ3n) is 4.62. The molecule has 4 rings (SSSR count). The van der Waals surface area contributed by atoms with Gasteiger partial charge < -0.3 is 20.1 Å². The van der Waals surface area contributed by atoms with Crippen molar-refractivity contribution in [3.8, 4) is 11.5 Å². The zero-order valence-electron chi connectivity index (χ0n) is 11.9. The molecule has 21 heavy (non-hydrogen) atoms. The predicted molar refractivity (Wildman–Crippen MR) is 77.9 cm³/mol. The Bertz CT molecular complexity index is 548. The Kier molecular flexibility index (Phi) is 3.22. The average Bonchev–Trinajstić information content (AvgIpc) is 2.85. The Morgan fingerprint density at radius 3 is 2.71 bits per heavy atom. The number of para-hydroxylation sites is 1. The van der Waals surface area contributed by atoms with Gasteiger partial charge in [-0.25, -0.2) is 0 Å². The first-order chi connectivity index (χ1) is 10.3. The quantitative estimate of drug-likeness (QED) is 0.865. The second kappa shape index (κ2) is 5.22. The van der Waals surface area contributed by atoms with E-state index in [0.29, 0.717) is 42.4 Å². The first-order valence-corrected chi connectivity index (χ1v) is 7.75. The van der Waals surface area contributed by atoms with E-state index in [0.717, 1.165) is 12.8 Å². The molecule has 2 saturated heterocycles. The maximum Gasteiger partial charge on any atom is 0.255 e. The largest absolute Gasteiger partial charge is 0.486 e. The Labute approximate surface area is 124 Å². The maximum atomic E-state index is 12.6. The Morgan fingerprint density at radius 2 is 1.90 bits per heavy atom. The number of ether oxygens (including phenoxy) is 2.